The van der Waals surface area contributed by atoms with Crippen LogP contribution in [0.25, 0.3) is 0 Å². The summed E-state index contributed by atoms with van der Waals surface area (Å²) in [5.41, 5.74) is 0.553. The summed E-state index contributed by atoms with van der Waals surface area (Å²) in [6, 6.07) is 4.20. The van der Waals surface area contributed by atoms with Crippen LogP contribution in [0.5, 0.6) is 0 Å². The maximum Gasteiger partial charge on any atom is 0.273 e. The van der Waals surface area contributed by atoms with Crippen molar-refractivity contribution in [1.29, 1.82) is 0 Å². The number of hydrogen-bond donors (Lipinski definition) is 2. The van der Waals surface area contributed by atoms with Gasteiger partial charge < -0.3 is 10.4 Å². The third kappa shape index (κ3) is 4.03. The maximum atomic E-state index is 12.0. The zero-order valence-corrected chi connectivity index (χ0v) is 11.2. The maximum absolute atomic E-state index is 12.0. The molecule has 0 fully saturated rings. The van der Waals surface area contributed by atoms with E-state index < -0.39 is 11.0 Å². The van der Waals surface area contributed by atoms with E-state index in [-0.39, 0.29) is 23.2 Å². The molecule has 0 bridgehead atoms. The molecule has 104 valence electrons. The summed E-state index contributed by atoms with van der Waals surface area (Å²) in [4.78, 5) is 22.3. The van der Waals surface area contributed by atoms with E-state index in [0.29, 0.717) is 12.0 Å². The van der Waals surface area contributed by atoms with Crippen LogP contribution >= 0.6 is 0 Å². The summed E-state index contributed by atoms with van der Waals surface area (Å²) < 4.78 is 0. The number of rotatable bonds is 5. The molecule has 0 saturated heterocycles. The van der Waals surface area contributed by atoms with E-state index >= 15 is 0 Å². The topological polar surface area (TPSA) is 92.5 Å². The second-order valence-corrected chi connectivity index (χ2v) is 4.67. The van der Waals surface area contributed by atoms with Crippen molar-refractivity contribution < 1.29 is 14.8 Å². The lowest BCUT2D eigenvalue weighted by molar-refractivity contribution is -0.385. The molecule has 19 heavy (non-hydrogen) atoms. The van der Waals surface area contributed by atoms with Crippen molar-refractivity contribution in [2.24, 2.45) is 0 Å². The molecule has 1 rings (SSSR count). The molecular formula is C13H18N2O4. The monoisotopic (exact) mass is 266 g/mol. The van der Waals surface area contributed by atoms with Gasteiger partial charge in [-0.3, -0.25) is 14.9 Å². The molecule has 6 nitrogen and oxygen atoms in total. The van der Waals surface area contributed by atoms with Gasteiger partial charge in [-0.15, -0.1) is 0 Å². The van der Waals surface area contributed by atoms with Crippen molar-refractivity contribution in [3.63, 3.8) is 0 Å². The highest BCUT2D eigenvalue weighted by Crippen LogP contribution is 2.21. The minimum absolute atomic E-state index is 0.0733. The number of aliphatic hydroxyl groups excluding tert-OH is 1. The Bertz CT molecular complexity index is 486. The molecule has 0 aliphatic rings. The fourth-order valence-corrected chi connectivity index (χ4v) is 1.94. The number of nitro groups is 1. The Hall–Kier alpha value is -1.95. The number of benzene rings is 1. The minimum Gasteiger partial charge on any atom is -0.393 e. The molecule has 6 heteroatoms. The number of aliphatic hydroxyl groups is 1. The predicted octanol–water partition coefficient (Wildman–Crippen LogP) is 1.79. The summed E-state index contributed by atoms with van der Waals surface area (Å²) in [6.45, 7) is 4.96. The van der Waals surface area contributed by atoms with Crippen LogP contribution in [0.1, 0.15) is 36.2 Å². The molecule has 2 N–H and O–H groups in total. The van der Waals surface area contributed by atoms with E-state index in [1.165, 1.54) is 12.1 Å². The Kier molecular flexibility index (Phi) is 5.00. The lowest BCUT2D eigenvalue weighted by Gasteiger charge is -2.16. The first-order chi connectivity index (χ1) is 8.82. The molecule has 0 aromatic heterocycles. The number of amides is 1. The van der Waals surface area contributed by atoms with Gasteiger partial charge in [0, 0.05) is 23.2 Å². The van der Waals surface area contributed by atoms with Gasteiger partial charge in [-0.2, -0.15) is 0 Å². The van der Waals surface area contributed by atoms with E-state index in [1.54, 1.807) is 26.8 Å². The number of carbonyl (C=O) groups is 1. The molecule has 1 aromatic carbocycles. The van der Waals surface area contributed by atoms with Crippen molar-refractivity contribution in [3.05, 3.63) is 39.4 Å². The lowest BCUT2D eigenvalue weighted by atomic mass is 10.1. The summed E-state index contributed by atoms with van der Waals surface area (Å²) in [5.74, 6) is -0.366. The van der Waals surface area contributed by atoms with Gasteiger partial charge in [-0.1, -0.05) is 6.07 Å². The van der Waals surface area contributed by atoms with Gasteiger partial charge in [0.2, 0.25) is 0 Å². The molecule has 0 spiro atoms. The van der Waals surface area contributed by atoms with E-state index in [2.05, 4.69) is 5.32 Å². The van der Waals surface area contributed by atoms with Crippen molar-refractivity contribution in [1.82, 2.24) is 5.32 Å². The molecule has 0 aliphatic heterocycles. The average Bonchev–Trinajstić information content (AvgIpc) is 2.27. The summed E-state index contributed by atoms with van der Waals surface area (Å²) >= 11 is 0. The molecule has 0 aliphatic carbocycles. The third-order valence-corrected chi connectivity index (χ3v) is 2.82. The fraction of sp³-hybridized carbons (Fsp3) is 0.462. The Labute approximate surface area is 111 Å². The smallest absolute Gasteiger partial charge is 0.273 e. The van der Waals surface area contributed by atoms with Crippen LogP contribution in [0.2, 0.25) is 0 Å². The van der Waals surface area contributed by atoms with Crippen LogP contribution in [-0.4, -0.2) is 28.1 Å². The van der Waals surface area contributed by atoms with Crippen LogP contribution in [0.15, 0.2) is 18.2 Å². The number of carbonyl (C=O) groups excluding carboxylic acids is 1. The first-order valence-corrected chi connectivity index (χ1v) is 6.05. The van der Waals surface area contributed by atoms with Gasteiger partial charge in [0.15, 0.2) is 0 Å². The highest BCUT2D eigenvalue weighted by Gasteiger charge is 2.19. The van der Waals surface area contributed by atoms with Crippen molar-refractivity contribution in [3.8, 4) is 0 Å². The molecule has 0 saturated carbocycles. The van der Waals surface area contributed by atoms with Crippen LogP contribution in [0.4, 0.5) is 5.69 Å². The van der Waals surface area contributed by atoms with E-state index in [4.69, 9.17) is 0 Å². The Morgan fingerprint density at radius 1 is 1.47 bits per heavy atom. The summed E-state index contributed by atoms with van der Waals surface area (Å²) in [5, 5.41) is 22.8. The average molecular weight is 266 g/mol. The van der Waals surface area contributed by atoms with Crippen LogP contribution in [0.3, 0.4) is 0 Å². The normalized spacial score (nSPS) is 13.7. The molecule has 2 unspecified atom stereocenters. The lowest BCUT2D eigenvalue weighted by Crippen LogP contribution is -2.35. The predicted molar refractivity (Wildman–Crippen MR) is 71.1 cm³/mol. The molecule has 0 radical (unpaired) electrons. The molecule has 1 aromatic rings. The van der Waals surface area contributed by atoms with E-state index in [0.717, 1.165) is 0 Å². The number of nitrogens with zero attached hydrogens (tertiary/aromatic N) is 1. The summed E-state index contributed by atoms with van der Waals surface area (Å²) in [7, 11) is 0. The number of nitro benzene ring substituents is 1. The van der Waals surface area contributed by atoms with Crippen LogP contribution < -0.4 is 5.32 Å². The van der Waals surface area contributed by atoms with Crippen LogP contribution in [0, 0.1) is 17.0 Å². The van der Waals surface area contributed by atoms with Gasteiger partial charge in [0.1, 0.15) is 0 Å². The number of nitrogens with one attached hydrogen (secondary N) is 1. The van der Waals surface area contributed by atoms with Gasteiger partial charge in [0.05, 0.1) is 11.0 Å². The van der Waals surface area contributed by atoms with Crippen LogP contribution in [-0.2, 0) is 0 Å². The largest absolute Gasteiger partial charge is 0.393 e. The van der Waals surface area contributed by atoms with Gasteiger partial charge in [-0.05, 0) is 33.3 Å². The standard InChI is InChI=1S/C13H18N2O4/c1-8(7-9(2)16)14-13(17)11-5-4-6-12(10(11)3)15(18)19/h4-6,8-9,16H,7H2,1-3H3,(H,14,17). The van der Waals surface area contributed by atoms with E-state index in [1.807, 2.05) is 0 Å². The Balaban J connectivity index is 2.89. The van der Waals surface area contributed by atoms with Crippen molar-refractivity contribution in [2.75, 3.05) is 0 Å². The first-order valence-electron chi connectivity index (χ1n) is 6.05. The second-order valence-electron chi connectivity index (χ2n) is 4.67. The van der Waals surface area contributed by atoms with Gasteiger partial charge >= 0.3 is 0 Å². The SMILES string of the molecule is Cc1c(C(=O)NC(C)CC(C)O)cccc1[N+](=O)[O-]. The summed E-state index contributed by atoms with van der Waals surface area (Å²) in [6.07, 6.45) is -0.0822. The highest BCUT2D eigenvalue weighted by atomic mass is 16.6. The van der Waals surface area contributed by atoms with Crippen molar-refractivity contribution in [2.45, 2.75) is 39.3 Å². The second kappa shape index (κ2) is 6.29. The highest BCUT2D eigenvalue weighted by molar-refractivity contribution is 5.96. The zero-order valence-electron chi connectivity index (χ0n) is 11.2. The zero-order chi connectivity index (χ0) is 14.6. The first kappa shape index (κ1) is 15.1. The van der Waals surface area contributed by atoms with Crippen molar-refractivity contribution >= 4 is 11.6 Å². The van der Waals surface area contributed by atoms with Gasteiger partial charge in [-0.25, -0.2) is 0 Å². The third-order valence-electron chi connectivity index (χ3n) is 2.82. The van der Waals surface area contributed by atoms with Gasteiger partial charge in [0.25, 0.3) is 11.6 Å². The Morgan fingerprint density at radius 3 is 2.63 bits per heavy atom. The number of hydrogen-bond acceptors (Lipinski definition) is 4. The van der Waals surface area contributed by atoms with E-state index in [9.17, 15) is 20.0 Å². The molecular weight excluding hydrogens is 248 g/mol. The molecule has 1 amide bonds. The fourth-order valence-electron chi connectivity index (χ4n) is 1.94. The molecule has 2 atom stereocenters. The minimum atomic E-state index is -0.512. The quantitative estimate of drug-likeness (QED) is 0.627. The Morgan fingerprint density at radius 2 is 2.11 bits per heavy atom. The molecule has 0 heterocycles.